The Bertz CT molecular complexity index is 1500. The third-order valence-electron chi connectivity index (χ3n) is 4.45. The van der Waals surface area contributed by atoms with Gasteiger partial charge in [0.25, 0.3) is 26.1 Å². The highest BCUT2D eigenvalue weighted by atomic mass is 32.2. The Morgan fingerprint density at radius 1 is 0.765 bits per heavy atom. The molecule has 0 unspecified atom stereocenters. The van der Waals surface area contributed by atoms with Crippen molar-refractivity contribution >= 4 is 42.7 Å². The molecule has 0 atom stereocenters. The minimum atomic E-state index is -4.37. The van der Waals surface area contributed by atoms with Gasteiger partial charge in [-0.25, -0.2) is 0 Å². The fraction of sp³-hybridized carbons (Fsp3) is 0. The summed E-state index contributed by atoms with van der Waals surface area (Å²) in [4.78, 5) is 10.8. The van der Waals surface area contributed by atoms with Crippen molar-refractivity contribution in [2.75, 3.05) is 0 Å². The zero-order valence-corrected chi connectivity index (χ0v) is 19.0. The minimum absolute atomic E-state index is 0.0493. The molecule has 0 radical (unpaired) electrons. The number of nitrogens with zero attached hydrogens (tertiary/aromatic N) is 2. The van der Waals surface area contributed by atoms with Gasteiger partial charge < -0.3 is 0 Å². The Hall–Kier alpha value is -3.77. The molecule has 34 heavy (non-hydrogen) atoms. The molecule has 3 aromatic carbocycles. The van der Waals surface area contributed by atoms with Gasteiger partial charge in [0.1, 0.15) is 9.80 Å². The summed E-state index contributed by atoms with van der Waals surface area (Å²) in [5.41, 5.74) is 1.33. The molecule has 1 amide bonds. The summed E-state index contributed by atoms with van der Waals surface area (Å²) in [6.07, 6.45) is 2.61. The average Bonchev–Trinajstić information content (AvgIpc) is 3.23. The monoisotopic (exact) mass is 498 g/mol. The lowest BCUT2D eigenvalue weighted by atomic mass is 10.1. The first-order valence-corrected chi connectivity index (χ1v) is 12.5. The Morgan fingerprint density at radius 2 is 1.32 bits per heavy atom. The van der Waals surface area contributed by atoms with E-state index in [0.717, 1.165) is 6.20 Å². The first kappa shape index (κ1) is 24.9. The van der Waals surface area contributed by atoms with Gasteiger partial charge in [0.2, 0.25) is 0 Å². The molecule has 4 rings (SSSR count). The van der Waals surface area contributed by atoms with Crippen LogP contribution in [0.1, 0.15) is 16.7 Å². The van der Waals surface area contributed by atoms with Gasteiger partial charge in [-0.2, -0.15) is 21.9 Å². The lowest BCUT2D eigenvalue weighted by Crippen LogP contribution is -2.05. The van der Waals surface area contributed by atoms with Crippen LogP contribution in [-0.2, 0) is 25.0 Å². The number of amides is 1. The van der Waals surface area contributed by atoms with Gasteiger partial charge in [-0.05, 0) is 23.3 Å². The average molecular weight is 499 g/mol. The minimum Gasteiger partial charge on any atom is -0.282 e. The number of azo groups is 1. The van der Waals surface area contributed by atoms with E-state index in [1.54, 1.807) is 60.7 Å². The molecule has 0 fully saturated rings. The van der Waals surface area contributed by atoms with Crippen molar-refractivity contribution in [3.05, 3.63) is 108 Å². The largest absolute Gasteiger partial charge is 0.297 e. The topological polar surface area (TPSA) is 151 Å². The summed E-state index contributed by atoms with van der Waals surface area (Å²) in [6.45, 7) is 0. The van der Waals surface area contributed by atoms with E-state index in [0.29, 0.717) is 11.1 Å². The molecule has 1 heterocycles. The van der Waals surface area contributed by atoms with Crippen molar-refractivity contribution in [3.63, 3.8) is 0 Å². The van der Waals surface area contributed by atoms with Crippen molar-refractivity contribution < 1.29 is 30.7 Å². The quantitative estimate of drug-likeness (QED) is 0.392. The van der Waals surface area contributed by atoms with E-state index in [1.807, 2.05) is 6.07 Å². The summed E-state index contributed by atoms with van der Waals surface area (Å²) in [7, 11) is -8.63. The molecule has 0 aliphatic carbocycles. The summed E-state index contributed by atoms with van der Waals surface area (Å²) >= 11 is 0. The van der Waals surface area contributed by atoms with Crippen LogP contribution in [0.25, 0.3) is 16.6 Å². The Kier molecular flexibility index (Phi) is 7.64. The van der Waals surface area contributed by atoms with Crippen molar-refractivity contribution in [2.24, 2.45) is 10.2 Å². The van der Waals surface area contributed by atoms with Crippen LogP contribution in [0.4, 0.5) is 0 Å². The van der Waals surface area contributed by atoms with Gasteiger partial charge in [-0.1, -0.05) is 78.9 Å². The van der Waals surface area contributed by atoms with Crippen LogP contribution in [0, 0.1) is 0 Å². The fourth-order valence-electron chi connectivity index (χ4n) is 2.96. The Balaban J connectivity index is 0.000000192. The smallest absolute Gasteiger partial charge is 0.282 e. The van der Waals surface area contributed by atoms with Crippen LogP contribution in [0.2, 0.25) is 0 Å². The zero-order chi connectivity index (χ0) is 24.8. The number of carbonyl (C=O) groups is 1. The second kappa shape index (κ2) is 10.4. The molecule has 0 bridgehead atoms. The van der Waals surface area contributed by atoms with E-state index >= 15 is 0 Å². The molecule has 3 aromatic rings. The lowest BCUT2D eigenvalue weighted by Gasteiger charge is -2.04. The summed E-state index contributed by atoms with van der Waals surface area (Å²) < 4.78 is 63.3. The van der Waals surface area contributed by atoms with Crippen LogP contribution < -0.4 is 0 Å². The standard InChI is InChI=1S/C14H12O3S.C9H6N2O4S/c15-18(16,17)14(13-9-5-2-6-10-13)11-12-7-3-1-4-8-12;12-9-7(5-10-11-9)6-3-1-2-4-8(6)16(13,14)15/h1-11H,(H,15,16,17);1-5H,(H,13,14,15). The van der Waals surface area contributed by atoms with Crippen molar-refractivity contribution in [2.45, 2.75) is 4.90 Å². The Labute approximate surface area is 196 Å². The maximum Gasteiger partial charge on any atom is 0.297 e. The van der Waals surface area contributed by atoms with Gasteiger partial charge >= 0.3 is 0 Å². The second-order valence-electron chi connectivity index (χ2n) is 6.79. The molecule has 1 aliphatic heterocycles. The second-order valence-corrected chi connectivity index (χ2v) is 9.57. The summed E-state index contributed by atoms with van der Waals surface area (Å²) in [5.74, 6) is -0.629. The van der Waals surface area contributed by atoms with E-state index in [1.165, 1.54) is 24.3 Å². The first-order chi connectivity index (χ1) is 16.1. The van der Waals surface area contributed by atoms with E-state index < -0.39 is 26.1 Å². The van der Waals surface area contributed by atoms with Gasteiger partial charge in [0.15, 0.2) is 0 Å². The molecule has 0 spiro atoms. The van der Waals surface area contributed by atoms with Gasteiger partial charge in [-0.15, -0.1) is 5.11 Å². The predicted molar refractivity (Wildman–Crippen MR) is 126 cm³/mol. The highest BCUT2D eigenvalue weighted by Gasteiger charge is 2.23. The highest BCUT2D eigenvalue weighted by molar-refractivity contribution is 7.95. The number of rotatable bonds is 5. The van der Waals surface area contributed by atoms with Gasteiger partial charge in [-0.3, -0.25) is 13.9 Å². The molecule has 9 nitrogen and oxygen atoms in total. The van der Waals surface area contributed by atoms with Crippen LogP contribution in [0.15, 0.2) is 106 Å². The molecular weight excluding hydrogens is 480 g/mol. The first-order valence-electron chi connectivity index (χ1n) is 9.59. The summed E-state index contributed by atoms with van der Waals surface area (Å²) in [6, 6.07) is 23.1. The number of benzene rings is 3. The van der Waals surface area contributed by atoms with E-state index in [9.17, 15) is 26.2 Å². The Morgan fingerprint density at radius 3 is 1.85 bits per heavy atom. The molecular formula is C23H18N2O7S2. The van der Waals surface area contributed by atoms with Crippen molar-refractivity contribution in [1.82, 2.24) is 0 Å². The van der Waals surface area contributed by atoms with Crippen LogP contribution in [0.5, 0.6) is 0 Å². The summed E-state index contributed by atoms with van der Waals surface area (Å²) in [5, 5.41) is 6.62. The molecule has 0 saturated carbocycles. The third-order valence-corrected chi connectivity index (χ3v) is 6.28. The number of carbonyl (C=O) groups excluding carboxylic acids is 1. The number of hydrogen-bond donors (Lipinski definition) is 2. The normalized spacial score (nSPS) is 13.8. The third kappa shape index (κ3) is 6.39. The maximum absolute atomic E-state index is 11.4. The molecule has 0 aromatic heterocycles. The number of hydrogen-bond acceptors (Lipinski definition) is 6. The van der Waals surface area contributed by atoms with Crippen LogP contribution in [-0.4, -0.2) is 31.8 Å². The highest BCUT2D eigenvalue weighted by Crippen LogP contribution is 2.27. The molecule has 0 saturated heterocycles. The molecule has 11 heteroatoms. The van der Waals surface area contributed by atoms with Gasteiger partial charge in [0, 0.05) is 5.56 Å². The van der Waals surface area contributed by atoms with Crippen molar-refractivity contribution in [1.29, 1.82) is 0 Å². The van der Waals surface area contributed by atoms with Crippen LogP contribution >= 0.6 is 0 Å². The molecule has 1 aliphatic rings. The maximum atomic E-state index is 11.4. The van der Waals surface area contributed by atoms with E-state index in [-0.39, 0.29) is 20.9 Å². The molecule has 174 valence electrons. The predicted octanol–water partition coefficient (Wildman–Crippen LogP) is 4.34. The van der Waals surface area contributed by atoms with Crippen molar-refractivity contribution in [3.8, 4) is 0 Å². The lowest BCUT2D eigenvalue weighted by molar-refractivity contribution is -0.112. The fourth-order valence-corrected chi connectivity index (χ4v) is 4.38. The SMILES string of the molecule is O=C1N=NC=C1c1ccccc1S(=O)(=O)O.O=S(=O)(O)C(=Cc1ccccc1)c1ccccc1. The van der Waals surface area contributed by atoms with Gasteiger partial charge in [0.05, 0.1) is 11.8 Å². The van der Waals surface area contributed by atoms with Crippen LogP contribution in [0.3, 0.4) is 0 Å². The molecule has 2 N–H and O–H groups in total. The van der Waals surface area contributed by atoms with E-state index in [2.05, 4.69) is 10.2 Å². The zero-order valence-electron chi connectivity index (χ0n) is 17.4. The van der Waals surface area contributed by atoms with E-state index in [4.69, 9.17) is 4.55 Å².